The average molecular weight is 384 g/mol. The molecule has 0 saturated carbocycles. The molecule has 0 aliphatic heterocycles. The lowest BCUT2D eigenvalue weighted by Crippen LogP contribution is -2.22. The van der Waals surface area contributed by atoms with Crippen molar-refractivity contribution in [1.29, 1.82) is 0 Å². The van der Waals surface area contributed by atoms with Crippen LogP contribution in [0.3, 0.4) is 0 Å². The smallest absolute Gasteiger partial charge is 0.279 e. The monoisotopic (exact) mass is 384 g/mol. The molecule has 0 radical (unpaired) electrons. The van der Waals surface area contributed by atoms with Crippen LogP contribution >= 0.6 is 0 Å². The first kappa shape index (κ1) is 17.0. The fourth-order valence-electron chi connectivity index (χ4n) is 3.16. The van der Waals surface area contributed by atoms with E-state index in [1.807, 2.05) is 24.3 Å². The highest BCUT2D eigenvalue weighted by molar-refractivity contribution is 5.92. The van der Waals surface area contributed by atoms with Crippen molar-refractivity contribution in [3.63, 3.8) is 0 Å². The molecule has 0 N–H and O–H groups in total. The summed E-state index contributed by atoms with van der Waals surface area (Å²) < 4.78 is 20.3. The number of para-hydroxylation sites is 1. The van der Waals surface area contributed by atoms with E-state index in [2.05, 4.69) is 15.2 Å². The average Bonchev–Trinajstić information content (AvgIpc) is 3.25. The van der Waals surface area contributed by atoms with Gasteiger partial charge >= 0.3 is 0 Å². The van der Waals surface area contributed by atoms with Gasteiger partial charge in [0, 0.05) is 10.9 Å². The fourth-order valence-corrected chi connectivity index (χ4v) is 3.16. The van der Waals surface area contributed by atoms with Gasteiger partial charge in [0.2, 0.25) is 5.82 Å². The van der Waals surface area contributed by atoms with E-state index in [1.165, 1.54) is 16.8 Å². The van der Waals surface area contributed by atoms with Crippen molar-refractivity contribution in [1.82, 2.24) is 19.9 Å². The van der Waals surface area contributed by atoms with Gasteiger partial charge < -0.3 is 4.52 Å². The van der Waals surface area contributed by atoms with Gasteiger partial charge in [0.25, 0.3) is 11.4 Å². The normalized spacial score (nSPS) is 11.1. The number of nitrogens with zero attached hydrogens (tertiary/aromatic N) is 4. The second-order valence-electron chi connectivity index (χ2n) is 6.38. The number of halogens is 1. The molecule has 0 amide bonds. The summed E-state index contributed by atoms with van der Waals surface area (Å²) in [6.45, 7) is 0. The Morgan fingerprint density at radius 1 is 0.862 bits per heavy atom. The van der Waals surface area contributed by atoms with Crippen molar-refractivity contribution < 1.29 is 8.91 Å². The largest absolute Gasteiger partial charge is 0.332 e. The van der Waals surface area contributed by atoms with E-state index in [1.54, 1.807) is 42.5 Å². The molecule has 0 aliphatic rings. The molecule has 0 fully saturated rings. The molecule has 0 bridgehead atoms. The van der Waals surface area contributed by atoms with E-state index in [9.17, 15) is 9.18 Å². The molecule has 7 heteroatoms. The number of rotatable bonds is 3. The summed E-state index contributed by atoms with van der Waals surface area (Å²) in [5, 5.41) is 9.53. The first-order chi connectivity index (χ1) is 14.2. The fraction of sp³-hybridized carbons (Fsp3) is 0. The first-order valence-electron chi connectivity index (χ1n) is 8.88. The van der Waals surface area contributed by atoms with Crippen molar-refractivity contribution in [3.05, 3.63) is 95.0 Å². The van der Waals surface area contributed by atoms with E-state index in [0.717, 1.165) is 0 Å². The lowest BCUT2D eigenvalue weighted by atomic mass is 10.1. The molecule has 2 heterocycles. The number of hydrogen-bond acceptors (Lipinski definition) is 5. The minimum atomic E-state index is -0.393. The van der Waals surface area contributed by atoms with Gasteiger partial charge in [-0.25, -0.2) is 4.39 Å². The molecule has 29 heavy (non-hydrogen) atoms. The van der Waals surface area contributed by atoms with Crippen LogP contribution in [0, 0.1) is 5.82 Å². The molecule has 2 aromatic heterocycles. The van der Waals surface area contributed by atoms with Gasteiger partial charge in [-0.05, 0) is 30.3 Å². The zero-order chi connectivity index (χ0) is 19.8. The number of fused-ring (bicyclic) bond motifs is 1. The van der Waals surface area contributed by atoms with Crippen LogP contribution in [-0.4, -0.2) is 19.9 Å². The van der Waals surface area contributed by atoms with Gasteiger partial charge in [-0.3, -0.25) is 4.79 Å². The minimum absolute atomic E-state index is 0.144. The molecule has 0 spiro atoms. The van der Waals surface area contributed by atoms with E-state index in [4.69, 9.17) is 4.52 Å². The van der Waals surface area contributed by atoms with Crippen LogP contribution in [0.5, 0.6) is 0 Å². The summed E-state index contributed by atoms with van der Waals surface area (Å²) >= 11 is 0. The third-order valence-electron chi connectivity index (χ3n) is 4.52. The molecule has 0 atom stereocenters. The summed E-state index contributed by atoms with van der Waals surface area (Å²) in [5.41, 5.74) is 1.23. The molecule has 5 aromatic rings. The van der Waals surface area contributed by atoms with Gasteiger partial charge in [-0.2, -0.15) is 14.8 Å². The van der Waals surface area contributed by atoms with Crippen molar-refractivity contribution in [2.75, 3.05) is 0 Å². The maximum absolute atomic E-state index is 13.5. The lowest BCUT2D eigenvalue weighted by Gasteiger charge is -2.08. The third-order valence-corrected chi connectivity index (χ3v) is 4.52. The van der Waals surface area contributed by atoms with E-state index >= 15 is 0 Å². The SMILES string of the molecule is O=c1c2ccccc2c(-c2nc(-c3cccc(F)c3)no2)nn1-c1ccccc1. The Labute approximate surface area is 163 Å². The molecule has 3 aromatic carbocycles. The predicted molar refractivity (Wildman–Crippen MR) is 106 cm³/mol. The van der Waals surface area contributed by atoms with Gasteiger partial charge in [0.1, 0.15) is 5.82 Å². The van der Waals surface area contributed by atoms with E-state index in [0.29, 0.717) is 27.7 Å². The highest BCUT2D eigenvalue weighted by atomic mass is 19.1. The number of aromatic nitrogens is 4. The van der Waals surface area contributed by atoms with Crippen LogP contribution < -0.4 is 5.56 Å². The first-order valence-corrected chi connectivity index (χ1v) is 8.88. The number of benzene rings is 3. The Morgan fingerprint density at radius 3 is 2.41 bits per heavy atom. The van der Waals surface area contributed by atoms with Crippen LogP contribution in [-0.2, 0) is 0 Å². The Balaban J connectivity index is 1.73. The predicted octanol–water partition coefficient (Wildman–Crippen LogP) is 4.24. The Hall–Kier alpha value is -4.13. The Morgan fingerprint density at radius 2 is 1.62 bits per heavy atom. The maximum atomic E-state index is 13.5. The molecule has 140 valence electrons. The summed E-state index contributed by atoms with van der Waals surface area (Å²) in [6, 6.07) is 22.1. The molecule has 0 unspecified atom stereocenters. The highest BCUT2D eigenvalue weighted by Crippen LogP contribution is 2.26. The van der Waals surface area contributed by atoms with Crippen LogP contribution in [0.2, 0.25) is 0 Å². The third kappa shape index (κ3) is 2.98. The Kier molecular flexibility index (Phi) is 3.98. The zero-order valence-electron chi connectivity index (χ0n) is 15.0. The van der Waals surface area contributed by atoms with Crippen LogP contribution in [0.4, 0.5) is 4.39 Å². The maximum Gasteiger partial charge on any atom is 0.279 e. The summed E-state index contributed by atoms with van der Waals surface area (Å²) in [5.74, 6) is -0.0111. The summed E-state index contributed by atoms with van der Waals surface area (Å²) in [6.07, 6.45) is 0. The van der Waals surface area contributed by atoms with Crippen molar-refractivity contribution in [2.24, 2.45) is 0 Å². The van der Waals surface area contributed by atoms with Crippen molar-refractivity contribution in [2.45, 2.75) is 0 Å². The quantitative estimate of drug-likeness (QED) is 0.465. The highest BCUT2D eigenvalue weighted by Gasteiger charge is 2.19. The van der Waals surface area contributed by atoms with Gasteiger partial charge in [-0.1, -0.05) is 53.7 Å². The van der Waals surface area contributed by atoms with Gasteiger partial charge in [-0.15, -0.1) is 0 Å². The van der Waals surface area contributed by atoms with Crippen LogP contribution in [0.25, 0.3) is 39.4 Å². The zero-order valence-corrected chi connectivity index (χ0v) is 15.0. The molecule has 0 saturated heterocycles. The summed E-state index contributed by atoms with van der Waals surface area (Å²) in [7, 11) is 0. The molecular weight excluding hydrogens is 371 g/mol. The van der Waals surface area contributed by atoms with Crippen molar-refractivity contribution >= 4 is 10.8 Å². The molecule has 0 aliphatic carbocycles. The summed E-state index contributed by atoms with van der Waals surface area (Å²) in [4.78, 5) is 17.4. The second-order valence-corrected chi connectivity index (χ2v) is 6.38. The van der Waals surface area contributed by atoms with E-state index < -0.39 is 5.82 Å². The number of hydrogen-bond donors (Lipinski definition) is 0. The second kappa shape index (κ2) is 6.79. The molecular formula is C22H13FN4O2. The van der Waals surface area contributed by atoms with E-state index in [-0.39, 0.29) is 17.3 Å². The van der Waals surface area contributed by atoms with Crippen LogP contribution in [0.15, 0.2) is 88.2 Å². The Bertz CT molecular complexity index is 1390. The lowest BCUT2D eigenvalue weighted by molar-refractivity contribution is 0.430. The van der Waals surface area contributed by atoms with Gasteiger partial charge in [0.05, 0.1) is 11.1 Å². The molecule has 5 rings (SSSR count). The topological polar surface area (TPSA) is 73.8 Å². The van der Waals surface area contributed by atoms with Gasteiger partial charge in [0.15, 0.2) is 5.69 Å². The molecule has 6 nitrogen and oxygen atoms in total. The standard InChI is InChI=1S/C22H13FN4O2/c23-15-8-6-7-14(13-15)20-24-21(29-26-20)19-17-11-4-5-12-18(17)22(28)27(25-19)16-9-2-1-3-10-16/h1-13H. The van der Waals surface area contributed by atoms with Crippen LogP contribution in [0.1, 0.15) is 0 Å². The van der Waals surface area contributed by atoms with Crippen molar-refractivity contribution in [3.8, 4) is 28.7 Å². The minimum Gasteiger partial charge on any atom is -0.332 e.